The van der Waals surface area contributed by atoms with Crippen LogP contribution in [-0.2, 0) is 22.7 Å². The highest BCUT2D eigenvalue weighted by Gasteiger charge is 2.39. The Morgan fingerprint density at radius 2 is 1.89 bits per heavy atom. The van der Waals surface area contributed by atoms with E-state index in [4.69, 9.17) is 0 Å². The molecule has 2 N–H and O–H groups in total. The number of imide groups is 1. The lowest BCUT2D eigenvalue weighted by Gasteiger charge is -2.29. The first-order valence-corrected chi connectivity index (χ1v) is 10.3. The molecule has 2 bridgehead atoms. The third-order valence-electron chi connectivity index (χ3n) is 6.61. The Bertz CT molecular complexity index is 839. The monoisotopic (exact) mass is 382 g/mol. The highest BCUT2D eigenvalue weighted by atomic mass is 16.2. The maximum Gasteiger partial charge on any atom is 0.255 e. The highest BCUT2D eigenvalue weighted by molar-refractivity contribution is 6.05. The van der Waals surface area contributed by atoms with E-state index in [0.717, 1.165) is 30.8 Å². The zero-order valence-electron chi connectivity index (χ0n) is 15.9. The van der Waals surface area contributed by atoms with Gasteiger partial charge in [0.15, 0.2) is 0 Å². The fourth-order valence-corrected chi connectivity index (χ4v) is 5.12. The summed E-state index contributed by atoms with van der Waals surface area (Å²) in [7, 11) is 0. The molecule has 3 unspecified atom stereocenters. The molecule has 4 aliphatic rings. The van der Waals surface area contributed by atoms with E-state index >= 15 is 0 Å². The van der Waals surface area contributed by atoms with E-state index in [9.17, 15) is 14.4 Å². The minimum Gasteiger partial charge on any atom is -0.322 e. The molecule has 3 saturated heterocycles. The lowest BCUT2D eigenvalue weighted by Crippen LogP contribution is -2.52. The van der Waals surface area contributed by atoms with Gasteiger partial charge < -0.3 is 10.2 Å². The van der Waals surface area contributed by atoms with Crippen LogP contribution in [0.5, 0.6) is 0 Å². The Morgan fingerprint density at radius 1 is 1.04 bits per heavy atom. The van der Waals surface area contributed by atoms with E-state index < -0.39 is 6.04 Å². The molecule has 0 aromatic heterocycles. The van der Waals surface area contributed by atoms with Crippen molar-refractivity contribution in [2.45, 2.75) is 63.3 Å². The summed E-state index contributed by atoms with van der Waals surface area (Å²) in [5, 5.41) is 6.06. The van der Waals surface area contributed by atoms with Crippen molar-refractivity contribution < 1.29 is 14.4 Å². The summed E-state index contributed by atoms with van der Waals surface area (Å²) in [6, 6.07) is 6.84. The van der Waals surface area contributed by atoms with Crippen molar-refractivity contribution in [3.05, 3.63) is 34.9 Å². The van der Waals surface area contributed by atoms with Gasteiger partial charge in [0, 0.05) is 50.2 Å². The van der Waals surface area contributed by atoms with Crippen LogP contribution in [0.1, 0.15) is 53.6 Å². The average Bonchev–Trinajstić information content (AvgIpc) is 3.17. The number of carbonyl (C=O) groups is 3. The fourth-order valence-electron chi connectivity index (χ4n) is 5.12. The average molecular weight is 382 g/mol. The molecule has 0 spiro atoms. The largest absolute Gasteiger partial charge is 0.322 e. The molecule has 148 valence electrons. The van der Waals surface area contributed by atoms with Gasteiger partial charge in [-0.3, -0.25) is 24.6 Å². The van der Waals surface area contributed by atoms with Gasteiger partial charge in [-0.05, 0) is 42.9 Å². The van der Waals surface area contributed by atoms with Gasteiger partial charge in [0.1, 0.15) is 6.04 Å². The molecule has 1 aromatic rings. The Labute approximate surface area is 164 Å². The molecule has 3 amide bonds. The van der Waals surface area contributed by atoms with Crippen molar-refractivity contribution in [2.24, 2.45) is 0 Å². The fraction of sp³-hybridized carbons (Fsp3) is 0.571. The third kappa shape index (κ3) is 3.22. The van der Waals surface area contributed by atoms with Crippen molar-refractivity contribution in [2.75, 3.05) is 13.1 Å². The van der Waals surface area contributed by atoms with Crippen molar-refractivity contribution in [3.63, 3.8) is 0 Å². The van der Waals surface area contributed by atoms with E-state index in [0.29, 0.717) is 30.6 Å². The van der Waals surface area contributed by atoms with Crippen LogP contribution in [0.4, 0.5) is 0 Å². The Morgan fingerprint density at radius 3 is 2.75 bits per heavy atom. The zero-order valence-corrected chi connectivity index (χ0v) is 15.9. The van der Waals surface area contributed by atoms with Gasteiger partial charge in [0.2, 0.25) is 11.8 Å². The molecule has 28 heavy (non-hydrogen) atoms. The summed E-state index contributed by atoms with van der Waals surface area (Å²) in [4.78, 5) is 40.6. The number of hydrogen-bond acceptors (Lipinski definition) is 5. The quantitative estimate of drug-likeness (QED) is 0.755. The van der Waals surface area contributed by atoms with Gasteiger partial charge in [0.25, 0.3) is 5.91 Å². The number of amides is 3. The first-order chi connectivity index (χ1) is 13.6. The standard InChI is InChI=1S/C21H26N4O3/c26-19-6-5-18(20(27)23-19)25-11-14-2-1-13(9-17(14)21(25)28)10-24-8-7-15-3-4-16(12-24)22-15/h1-2,9,15-16,18,22H,3-8,10-12H2,(H,23,26,27). The van der Waals surface area contributed by atoms with Crippen LogP contribution in [0, 0.1) is 0 Å². The second kappa shape index (κ2) is 6.97. The second-order valence-corrected chi connectivity index (χ2v) is 8.55. The molecule has 4 aliphatic heterocycles. The number of likely N-dealkylation sites (tertiary alicyclic amines) is 1. The van der Waals surface area contributed by atoms with Crippen LogP contribution in [-0.4, -0.2) is 58.7 Å². The maximum absolute atomic E-state index is 13.0. The van der Waals surface area contributed by atoms with Crippen LogP contribution < -0.4 is 10.6 Å². The van der Waals surface area contributed by atoms with Crippen LogP contribution in [0.3, 0.4) is 0 Å². The van der Waals surface area contributed by atoms with E-state index in [1.165, 1.54) is 19.3 Å². The number of nitrogens with zero attached hydrogens (tertiary/aromatic N) is 2. The lowest BCUT2D eigenvalue weighted by atomic mass is 10.0. The predicted molar refractivity (Wildman–Crippen MR) is 102 cm³/mol. The molecule has 5 rings (SSSR count). The zero-order chi connectivity index (χ0) is 19.3. The van der Waals surface area contributed by atoms with Gasteiger partial charge in [-0.15, -0.1) is 0 Å². The van der Waals surface area contributed by atoms with Crippen molar-refractivity contribution >= 4 is 17.7 Å². The molecule has 0 saturated carbocycles. The minimum atomic E-state index is -0.548. The van der Waals surface area contributed by atoms with E-state index in [2.05, 4.69) is 21.6 Å². The van der Waals surface area contributed by atoms with E-state index in [-0.39, 0.29) is 24.1 Å². The van der Waals surface area contributed by atoms with Gasteiger partial charge >= 0.3 is 0 Å². The van der Waals surface area contributed by atoms with Crippen LogP contribution >= 0.6 is 0 Å². The van der Waals surface area contributed by atoms with Gasteiger partial charge in [-0.1, -0.05) is 12.1 Å². The lowest BCUT2D eigenvalue weighted by molar-refractivity contribution is -0.136. The summed E-state index contributed by atoms with van der Waals surface area (Å²) < 4.78 is 0. The molecule has 3 fully saturated rings. The second-order valence-electron chi connectivity index (χ2n) is 8.55. The Hall–Kier alpha value is -2.25. The molecule has 1 aromatic carbocycles. The van der Waals surface area contributed by atoms with Crippen molar-refractivity contribution in [3.8, 4) is 0 Å². The molecule has 0 aliphatic carbocycles. The molecule has 7 heteroatoms. The van der Waals surface area contributed by atoms with E-state index in [1.54, 1.807) is 4.90 Å². The van der Waals surface area contributed by atoms with Gasteiger partial charge in [-0.25, -0.2) is 0 Å². The molecular weight excluding hydrogens is 356 g/mol. The third-order valence-corrected chi connectivity index (χ3v) is 6.61. The number of carbonyl (C=O) groups excluding carboxylic acids is 3. The summed E-state index contributed by atoms with van der Waals surface area (Å²) in [6.45, 7) is 3.44. The van der Waals surface area contributed by atoms with Gasteiger partial charge in [-0.2, -0.15) is 0 Å². The minimum absolute atomic E-state index is 0.0945. The molecule has 4 heterocycles. The predicted octanol–water partition coefficient (Wildman–Crippen LogP) is 0.774. The Kier molecular flexibility index (Phi) is 4.44. The number of piperidine rings is 1. The number of hydrogen-bond donors (Lipinski definition) is 2. The number of rotatable bonds is 3. The summed E-state index contributed by atoms with van der Waals surface area (Å²) >= 11 is 0. The van der Waals surface area contributed by atoms with Crippen molar-refractivity contribution in [1.29, 1.82) is 0 Å². The Balaban J connectivity index is 1.29. The van der Waals surface area contributed by atoms with Gasteiger partial charge in [0.05, 0.1) is 0 Å². The maximum atomic E-state index is 13.0. The molecule has 3 atom stereocenters. The number of fused-ring (bicyclic) bond motifs is 3. The number of benzene rings is 1. The van der Waals surface area contributed by atoms with Crippen LogP contribution in [0.15, 0.2) is 18.2 Å². The molecule has 0 radical (unpaired) electrons. The van der Waals surface area contributed by atoms with Crippen LogP contribution in [0.25, 0.3) is 0 Å². The first-order valence-electron chi connectivity index (χ1n) is 10.3. The highest BCUT2D eigenvalue weighted by Crippen LogP contribution is 2.29. The summed E-state index contributed by atoms with van der Waals surface area (Å²) in [5.41, 5.74) is 2.82. The molecular formula is C21H26N4O3. The molecule has 7 nitrogen and oxygen atoms in total. The summed E-state index contributed by atoms with van der Waals surface area (Å²) in [6.07, 6.45) is 4.42. The smallest absolute Gasteiger partial charge is 0.255 e. The van der Waals surface area contributed by atoms with Crippen molar-refractivity contribution in [1.82, 2.24) is 20.4 Å². The van der Waals surface area contributed by atoms with E-state index in [1.807, 2.05) is 12.1 Å². The topological polar surface area (TPSA) is 81.8 Å². The first kappa shape index (κ1) is 17.8. The van der Waals surface area contributed by atoms with Crippen LogP contribution in [0.2, 0.25) is 0 Å². The SMILES string of the molecule is O=C1CCC(N2Cc3ccc(CN4CCC5CCC(C4)N5)cc3C2=O)C(=O)N1. The number of nitrogens with one attached hydrogen (secondary N) is 2. The summed E-state index contributed by atoms with van der Waals surface area (Å²) in [5.74, 6) is -0.707. The normalized spacial score (nSPS) is 30.4.